The number of amides is 1. The molecule has 0 bridgehead atoms. The Hall–Kier alpha value is -2.93. The van der Waals surface area contributed by atoms with Gasteiger partial charge < -0.3 is 14.8 Å². The number of terminal acetylenes is 1. The SMILES string of the molecule is C#CCOc1ccc(C(=O)Nc2ccccc2OCC)cc1. The zero-order valence-electron chi connectivity index (χ0n) is 12.3. The molecule has 0 aromatic heterocycles. The van der Waals surface area contributed by atoms with Crippen LogP contribution in [-0.2, 0) is 0 Å². The van der Waals surface area contributed by atoms with Gasteiger partial charge in [0.1, 0.15) is 18.1 Å². The molecule has 1 N–H and O–H groups in total. The normalized spacial score (nSPS) is 9.64. The highest BCUT2D eigenvalue weighted by Gasteiger charge is 2.09. The molecule has 0 aliphatic carbocycles. The van der Waals surface area contributed by atoms with Crippen LogP contribution < -0.4 is 14.8 Å². The van der Waals surface area contributed by atoms with Crippen LogP contribution >= 0.6 is 0 Å². The van der Waals surface area contributed by atoms with Crippen LogP contribution in [-0.4, -0.2) is 19.1 Å². The second-order valence-corrected chi connectivity index (χ2v) is 4.40. The van der Waals surface area contributed by atoms with E-state index in [-0.39, 0.29) is 12.5 Å². The molecular weight excluding hydrogens is 278 g/mol. The second-order valence-electron chi connectivity index (χ2n) is 4.40. The Kier molecular flexibility index (Phi) is 5.44. The lowest BCUT2D eigenvalue weighted by molar-refractivity contribution is 0.102. The number of rotatable bonds is 6. The summed E-state index contributed by atoms with van der Waals surface area (Å²) in [5.41, 5.74) is 1.17. The summed E-state index contributed by atoms with van der Waals surface area (Å²) in [7, 11) is 0. The number of anilines is 1. The van der Waals surface area contributed by atoms with Crippen molar-refractivity contribution in [2.75, 3.05) is 18.5 Å². The van der Waals surface area contributed by atoms with Crippen LogP contribution in [0, 0.1) is 12.3 Å². The van der Waals surface area contributed by atoms with Gasteiger partial charge in [-0.3, -0.25) is 4.79 Å². The minimum atomic E-state index is -0.212. The number of carbonyl (C=O) groups is 1. The van der Waals surface area contributed by atoms with Gasteiger partial charge in [-0.15, -0.1) is 6.42 Å². The molecule has 4 heteroatoms. The van der Waals surface area contributed by atoms with E-state index in [0.29, 0.717) is 29.4 Å². The van der Waals surface area contributed by atoms with Crippen molar-refractivity contribution >= 4 is 11.6 Å². The van der Waals surface area contributed by atoms with E-state index in [0.717, 1.165) is 0 Å². The lowest BCUT2D eigenvalue weighted by atomic mass is 10.2. The van der Waals surface area contributed by atoms with Gasteiger partial charge in [0, 0.05) is 5.56 Å². The van der Waals surface area contributed by atoms with E-state index >= 15 is 0 Å². The Bertz CT molecular complexity index is 671. The van der Waals surface area contributed by atoms with Crippen LogP contribution in [0.5, 0.6) is 11.5 Å². The van der Waals surface area contributed by atoms with E-state index in [1.165, 1.54) is 0 Å². The number of ether oxygens (including phenoxy) is 2. The predicted molar refractivity (Wildman–Crippen MR) is 86.3 cm³/mol. The average molecular weight is 295 g/mol. The number of carbonyl (C=O) groups excluding carboxylic acids is 1. The van der Waals surface area contributed by atoms with Gasteiger partial charge in [0.05, 0.1) is 12.3 Å². The predicted octanol–water partition coefficient (Wildman–Crippen LogP) is 3.35. The molecule has 0 aliphatic rings. The molecule has 0 fully saturated rings. The summed E-state index contributed by atoms with van der Waals surface area (Å²) < 4.78 is 10.8. The van der Waals surface area contributed by atoms with Crippen LogP contribution in [0.1, 0.15) is 17.3 Å². The Balaban J connectivity index is 2.08. The first-order valence-corrected chi connectivity index (χ1v) is 6.94. The molecule has 0 heterocycles. The Morgan fingerprint density at radius 1 is 1.14 bits per heavy atom. The Morgan fingerprint density at radius 2 is 1.86 bits per heavy atom. The third-order valence-electron chi connectivity index (χ3n) is 2.87. The van der Waals surface area contributed by atoms with Crippen molar-refractivity contribution in [1.82, 2.24) is 0 Å². The summed E-state index contributed by atoms with van der Waals surface area (Å²) in [6.07, 6.45) is 5.13. The molecule has 22 heavy (non-hydrogen) atoms. The minimum absolute atomic E-state index is 0.202. The molecule has 0 radical (unpaired) electrons. The summed E-state index contributed by atoms with van der Waals surface area (Å²) >= 11 is 0. The summed E-state index contributed by atoms with van der Waals surface area (Å²) in [5.74, 6) is 3.45. The number of para-hydroxylation sites is 2. The van der Waals surface area contributed by atoms with Crippen molar-refractivity contribution in [3.63, 3.8) is 0 Å². The number of nitrogens with one attached hydrogen (secondary N) is 1. The fourth-order valence-corrected chi connectivity index (χ4v) is 1.87. The first kappa shape index (κ1) is 15.5. The fraction of sp³-hybridized carbons (Fsp3) is 0.167. The second kappa shape index (κ2) is 7.75. The average Bonchev–Trinajstić information content (AvgIpc) is 2.55. The van der Waals surface area contributed by atoms with E-state index < -0.39 is 0 Å². The van der Waals surface area contributed by atoms with Crippen LogP contribution in [0.3, 0.4) is 0 Å². The molecule has 2 aromatic rings. The summed E-state index contributed by atoms with van der Waals surface area (Å²) in [6, 6.07) is 14.1. The number of benzene rings is 2. The zero-order chi connectivity index (χ0) is 15.8. The van der Waals surface area contributed by atoms with Crippen LogP contribution in [0.4, 0.5) is 5.69 Å². The molecule has 0 aliphatic heterocycles. The molecule has 1 amide bonds. The first-order chi connectivity index (χ1) is 10.7. The zero-order valence-corrected chi connectivity index (χ0v) is 12.3. The van der Waals surface area contributed by atoms with Crippen molar-refractivity contribution in [2.45, 2.75) is 6.92 Å². The maximum atomic E-state index is 12.3. The summed E-state index contributed by atoms with van der Waals surface area (Å²) in [6.45, 7) is 2.63. The first-order valence-electron chi connectivity index (χ1n) is 6.94. The van der Waals surface area contributed by atoms with Gasteiger partial charge >= 0.3 is 0 Å². The van der Waals surface area contributed by atoms with Gasteiger partial charge in [0.25, 0.3) is 5.91 Å². The highest BCUT2D eigenvalue weighted by atomic mass is 16.5. The maximum absolute atomic E-state index is 12.3. The third kappa shape index (κ3) is 4.03. The van der Waals surface area contributed by atoms with Crippen molar-refractivity contribution in [3.8, 4) is 23.8 Å². The van der Waals surface area contributed by atoms with Crippen LogP contribution in [0.2, 0.25) is 0 Å². The quantitative estimate of drug-likeness (QED) is 0.831. The van der Waals surface area contributed by atoms with Crippen molar-refractivity contribution in [3.05, 3.63) is 54.1 Å². The molecule has 2 rings (SSSR count). The highest BCUT2D eigenvalue weighted by molar-refractivity contribution is 6.05. The third-order valence-corrected chi connectivity index (χ3v) is 2.87. The molecule has 0 atom stereocenters. The highest BCUT2D eigenvalue weighted by Crippen LogP contribution is 2.24. The summed E-state index contributed by atoms with van der Waals surface area (Å²) in [4.78, 5) is 12.3. The molecule has 112 valence electrons. The van der Waals surface area contributed by atoms with Gasteiger partial charge in [0.2, 0.25) is 0 Å². The van der Waals surface area contributed by atoms with E-state index in [2.05, 4.69) is 11.2 Å². The molecular formula is C18H17NO3. The van der Waals surface area contributed by atoms with E-state index in [4.69, 9.17) is 15.9 Å². The molecule has 0 saturated heterocycles. The monoisotopic (exact) mass is 295 g/mol. The van der Waals surface area contributed by atoms with Crippen LogP contribution in [0.15, 0.2) is 48.5 Å². The van der Waals surface area contributed by atoms with E-state index in [9.17, 15) is 4.79 Å². The largest absolute Gasteiger partial charge is 0.492 e. The standard InChI is InChI=1S/C18H17NO3/c1-3-13-22-15-11-9-14(10-12-15)18(20)19-16-7-5-6-8-17(16)21-4-2/h1,5-12H,4,13H2,2H3,(H,19,20). The lowest BCUT2D eigenvalue weighted by Crippen LogP contribution is -2.12. The minimum Gasteiger partial charge on any atom is -0.492 e. The number of hydrogen-bond donors (Lipinski definition) is 1. The molecule has 2 aromatic carbocycles. The number of hydrogen-bond acceptors (Lipinski definition) is 3. The van der Waals surface area contributed by atoms with Gasteiger partial charge in [-0.2, -0.15) is 0 Å². The van der Waals surface area contributed by atoms with Crippen molar-refractivity contribution < 1.29 is 14.3 Å². The van der Waals surface area contributed by atoms with Gasteiger partial charge in [-0.1, -0.05) is 18.1 Å². The van der Waals surface area contributed by atoms with Gasteiger partial charge in [-0.05, 0) is 43.3 Å². The Morgan fingerprint density at radius 3 is 2.55 bits per heavy atom. The topological polar surface area (TPSA) is 47.6 Å². The smallest absolute Gasteiger partial charge is 0.255 e. The molecule has 0 unspecified atom stereocenters. The van der Waals surface area contributed by atoms with E-state index in [1.807, 2.05) is 25.1 Å². The van der Waals surface area contributed by atoms with E-state index in [1.54, 1.807) is 30.3 Å². The Labute approximate surface area is 130 Å². The van der Waals surface area contributed by atoms with Crippen molar-refractivity contribution in [1.29, 1.82) is 0 Å². The molecule has 0 saturated carbocycles. The maximum Gasteiger partial charge on any atom is 0.255 e. The fourth-order valence-electron chi connectivity index (χ4n) is 1.87. The molecule has 4 nitrogen and oxygen atoms in total. The van der Waals surface area contributed by atoms with Crippen molar-refractivity contribution in [2.24, 2.45) is 0 Å². The van der Waals surface area contributed by atoms with Gasteiger partial charge in [-0.25, -0.2) is 0 Å². The van der Waals surface area contributed by atoms with Crippen LogP contribution in [0.25, 0.3) is 0 Å². The molecule has 0 spiro atoms. The lowest BCUT2D eigenvalue weighted by Gasteiger charge is -2.11. The summed E-state index contributed by atoms with van der Waals surface area (Å²) in [5, 5.41) is 2.84. The van der Waals surface area contributed by atoms with Gasteiger partial charge in [0.15, 0.2) is 0 Å².